The topological polar surface area (TPSA) is 61.9 Å². The van der Waals surface area contributed by atoms with Crippen LogP contribution in [0.2, 0.25) is 0 Å². The first-order valence-corrected chi connectivity index (χ1v) is 16.6. The maximum Gasteiger partial charge on any atom is 0.169 e. The van der Waals surface area contributed by atoms with Crippen molar-refractivity contribution in [2.24, 2.45) is 9.98 Å². The van der Waals surface area contributed by atoms with Crippen LogP contribution < -0.4 is 10.6 Å². The summed E-state index contributed by atoms with van der Waals surface area (Å²) >= 11 is 0. The van der Waals surface area contributed by atoms with Crippen LogP contribution in [0.15, 0.2) is 166 Å². The van der Waals surface area contributed by atoms with Crippen molar-refractivity contribution in [3.63, 3.8) is 0 Å². The van der Waals surface area contributed by atoms with Gasteiger partial charge in [0.25, 0.3) is 0 Å². The molecular formula is C44H30N4O. The van der Waals surface area contributed by atoms with Crippen LogP contribution in [-0.2, 0) is 0 Å². The Morgan fingerprint density at radius 1 is 0.531 bits per heavy atom. The highest BCUT2D eigenvalue weighted by atomic mass is 16.3. The van der Waals surface area contributed by atoms with E-state index in [0.29, 0.717) is 0 Å². The van der Waals surface area contributed by atoms with Gasteiger partial charge in [0.05, 0.1) is 0 Å². The van der Waals surface area contributed by atoms with Gasteiger partial charge in [-0.2, -0.15) is 0 Å². The standard InChI is InChI=1S/C44H30N4O/c1-2-12-29(13-3-1)42-46-43(33-21-18-27-10-4-5-14-30(27)24-33)48-44(47-42)41-40-36-16-8-9-17-38(36)49-39(40)26-37(45-41)32-22-23-35-31(25-32)20-19-28-11-6-7-15-34(28)35/h1-26,41,43,45H,(H,46,47,48). The number of benzene rings is 7. The Morgan fingerprint density at radius 3 is 2.14 bits per heavy atom. The van der Waals surface area contributed by atoms with E-state index >= 15 is 0 Å². The Hall–Kier alpha value is -6.46. The molecule has 5 nitrogen and oxygen atoms in total. The maximum absolute atomic E-state index is 6.55. The number of fused-ring (bicyclic) bond motifs is 7. The number of amidine groups is 2. The average Bonchev–Trinajstić information content (AvgIpc) is 3.56. The molecule has 0 radical (unpaired) electrons. The summed E-state index contributed by atoms with van der Waals surface area (Å²) in [6.07, 6.45) is 1.70. The number of rotatable bonds is 4. The van der Waals surface area contributed by atoms with Crippen LogP contribution >= 0.6 is 0 Å². The Balaban J connectivity index is 1.12. The van der Waals surface area contributed by atoms with Crippen molar-refractivity contribution >= 4 is 66.7 Å². The van der Waals surface area contributed by atoms with E-state index in [-0.39, 0.29) is 6.04 Å². The van der Waals surface area contributed by atoms with Crippen molar-refractivity contribution in [1.29, 1.82) is 0 Å². The monoisotopic (exact) mass is 630 g/mol. The third kappa shape index (κ3) is 4.70. The van der Waals surface area contributed by atoms with Crippen LogP contribution in [-0.4, -0.2) is 11.7 Å². The van der Waals surface area contributed by atoms with Gasteiger partial charge < -0.3 is 15.1 Å². The number of hydrogen-bond donors (Lipinski definition) is 2. The Bertz CT molecular complexity index is 2680. The summed E-state index contributed by atoms with van der Waals surface area (Å²) in [4.78, 5) is 10.5. The molecule has 2 aliphatic heterocycles. The minimum atomic E-state index is -0.428. The molecule has 3 heterocycles. The first-order valence-electron chi connectivity index (χ1n) is 16.6. The number of furan rings is 1. The molecule has 49 heavy (non-hydrogen) atoms. The molecule has 0 spiro atoms. The molecular weight excluding hydrogens is 601 g/mol. The molecule has 5 heteroatoms. The van der Waals surface area contributed by atoms with E-state index in [4.69, 9.17) is 14.4 Å². The van der Waals surface area contributed by atoms with E-state index in [1.165, 1.54) is 32.3 Å². The third-order valence-corrected chi connectivity index (χ3v) is 9.73. The maximum atomic E-state index is 6.55. The highest BCUT2D eigenvalue weighted by Gasteiger charge is 2.34. The van der Waals surface area contributed by atoms with E-state index in [2.05, 4.69) is 138 Å². The molecule has 232 valence electrons. The molecule has 8 aromatic rings. The second-order valence-corrected chi connectivity index (χ2v) is 12.7. The molecule has 0 saturated carbocycles. The van der Waals surface area contributed by atoms with Gasteiger partial charge >= 0.3 is 0 Å². The lowest BCUT2D eigenvalue weighted by molar-refractivity contribution is 0.587. The second-order valence-electron chi connectivity index (χ2n) is 12.7. The molecule has 0 saturated heterocycles. The summed E-state index contributed by atoms with van der Waals surface area (Å²) in [6.45, 7) is 0. The molecule has 1 aromatic heterocycles. The number of aliphatic imine (C=N–C) groups is 2. The fourth-order valence-electron chi connectivity index (χ4n) is 7.32. The van der Waals surface area contributed by atoms with Gasteiger partial charge in [-0.15, -0.1) is 0 Å². The van der Waals surface area contributed by atoms with Crippen molar-refractivity contribution in [2.75, 3.05) is 0 Å². The quantitative estimate of drug-likeness (QED) is 0.190. The third-order valence-electron chi connectivity index (χ3n) is 9.73. The Labute approximate surface area is 283 Å². The average molecular weight is 631 g/mol. The minimum Gasteiger partial charge on any atom is -0.456 e. The molecule has 2 aliphatic rings. The van der Waals surface area contributed by atoms with Gasteiger partial charge in [0.15, 0.2) is 6.17 Å². The number of nitrogens with one attached hydrogen (secondary N) is 2. The largest absolute Gasteiger partial charge is 0.456 e. The Kier molecular flexibility index (Phi) is 6.24. The molecule has 7 aromatic carbocycles. The van der Waals surface area contributed by atoms with E-state index in [1.54, 1.807) is 0 Å². The second kappa shape index (κ2) is 11.1. The van der Waals surface area contributed by atoms with Crippen LogP contribution in [0.3, 0.4) is 0 Å². The summed E-state index contributed by atoms with van der Waals surface area (Å²) in [6, 6.07) is 52.8. The van der Waals surface area contributed by atoms with Gasteiger partial charge in [-0.25, -0.2) is 9.98 Å². The first-order chi connectivity index (χ1) is 24.2. The summed E-state index contributed by atoms with van der Waals surface area (Å²) in [5.41, 5.74) is 6.01. The van der Waals surface area contributed by atoms with Crippen LogP contribution in [0.25, 0.3) is 55.1 Å². The zero-order valence-corrected chi connectivity index (χ0v) is 26.5. The summed E-state index contributed by atoms with van der Waals surface area (Å²) in [5, 5.41) is 15.9. The molecule has 10 rings (SSSR count). The van der Waals surface area contributed by atoms with E-state index < -0.39 is 6.17 Å². The van der Waals surface area contributed by atoms with Gasteiger partial charge in [-0.1, -0.05) is 133 Å². The summed E-state index contributed by atoms with van der Waals surface area (Å²) < 4.78 is 6.55. The summed E-state index contributed by atoms with van der Waals surface area (Å²) in [7, 11) is 0. The lowest BCUT2D eigenvalue weighted by atomic mass is 9.93. The normalized spacial score (nSPS) is 17.3. The fraction of sp³-hybridized carbons (Fsp3) is 0.0455. The predicted octanol–water partition coefficient (Wildman–Crippen LogP) is 10.2. The van der Waals surface area contributed by atoms with Gasteiger partial charge in [0, 0.05) is 28.3 Å². The smallest absolute Gasteiger partial charge is 0.169 e. The predicted molar refractivity (Wildman–Crippen MR) is 202 cm³/mol. The number of hydrogen-bond acceptors (Lipinski definition) is 5. The van der Waals surface area contributed by atoms with Crippen molar-refractivity contribution in [1.82, 2.24) is 10.6 Å². The van der Waals surface area contributed by atoms with E-state index in [9.17, 15) is 0 Å². The van der Waals surface area contributed by atoms with Crippen molar-refractivity contribution in [2.45, 2.75) is 12.2 Å². The lowest BCUT2D eigenvalue weighted by Gasteiger charge is -2.31. The highest BCUT2D eigenvalue weighted by Crippen LogP contribution is 2.40. The highest BCUT2D eigenvalue weighted by molar-refractivity contribution is 6.14. The Morgan fingerprint density at radius 2 is 1.24 bits per heavy atom. The molecule has 2 unspecified atom stereocenters. The number of para-hydroxylation sites is 1. The zero-order valence-electron chi connectivity index (χ0n) is 26.5. The number of nitrogens with zero attached hydrogens (tertiary/aromatic N) is 2. The van der Waals surface area contributed by atoms with Crippen LogP contribution in [0.5, 0.6) is 0 Å². The van der Waals surface area contributed by atoms with Gasteiger partial charge in [0.1, 0.15) is 29.1 Å². The molecule has 2 N–H and O–H groups in total. The molecule has 0 fully saturated rings. The van der Waals surface area contributed by atoms with Gasteiger partial charge in [-0.3, -0.25) is 0 Å². The molecule has 0 amide bonds. The lowest BCUT2D eigenvalue weighted by Crippen LogP contribution is -2.44. The van der Waals surface area contributed by atoms with Crippen LogP contribution in [0, 0.1) is 0 Å². The van der Waals surface area contributed by atoms with Crippen LogP contribution in [0.1, 0.15) is 40.2 Å². The fourth-order valence-corrected chi connectivity index (χ4v) is 7.32. The van der Waals surface area contributed by atoms with E-state index in [0.717, 1.165) is 56.4 Å². The SMILES string of the molecule is C1=C(c2ccc3c(ccc4ccccc43)c2)NC(C2=NC(c3ccc4ccccc4c3)N=C(c3ccccc3)N2)c2c1oc1ccccc21. The van der Waals surface area contributed by atoms with Crippen molar-refractivity contribution in [3.8, 4) is 0 Å². The van der Waals surface area contributed by atoms with Crippen LogP contribution in [0.4, 0.5) is 0 Å². The summed E-state index contributed by atoms with van der Waals surface area (Å²) in [5.74, 6) is 2.40. The first kappa shape index (κ1) is 27.6. The minimum absolute atomic E-state index is 0.317. The van der Waals surface area contributed by atoms with E-state index in [1.807, 2.05) is 30.3 Å². The van der Waals surface area contributed by atoms with Gasteiger partial charge in [0.2, 0.25) is 0 Å². The molecule has 0 aliphatic carbocycles. The van der Waals surface area contributed by atoms with Crippen molar-refractivity contribution < 1.29 is 4.42 Å². The van der Waals surface area contributed by atoms with Gasteiger partial charge in [-0.05, 0) is 61.6 Å². The zero-order chi connectivity index (χ0) is 32.3. The molecule has 2 atom stereocenters. The molecule has 0 bridgehead atoms. The van der Waals surface area contributed by atoms with Crippen molar-refractivity contribution in [3.05, 3.63) is 180 Å².